The summed E-state index contributed by atoms with van der Waals surface area (Å²) in [4.78, 5) is 0. The van der Waals surface area contributed by atoms with Gasteiger partial charge in [-0.2, -0.15) is 13.2 Å². The minimum Gasteiger partial charge on any atom is -0.372 e. The SMILES string of the molecule is CCNCC(CCOCC(F)(F)F)Cc1ccc(C)cc1. The number of halogens is 3. The van der Waals surface area contributed by atoms with E-state index >= 15 is 0 Å². The zero-order chi connectivity index (χ0) is 15.7. The number of nitrogens with one attached hydrogen (secondary N) is 1. The van der Waals surface area contributed by atoms with Gasteiger partial charge in [0.05, 0.1) is 0 Å². The highest BCUT2D eigenvalue weighted by atomic mass is 19.4. The Morgan fingerprint density at radius 2 is 1.86 bits per heavy atom. The molecule has 1 aromatic rings. The molecule has 5 heteroatoms. The Morgan fingerprint density at radius 3 is 2.43 bits per heavy atom. The minimum atomic E-state index is -4.24. The van der Waals surface area contributed by atoms with Gasteiger partial charge in [0.1, 0.15) is 6.61 Å². The predicted molar refractivity (Wildman–Crippen MR) is 78.4 cm³/mol. The van der Waals surface area contributed by atoms with Gasteiger partial charge in [-0.25, -0.2) is 0 Å². The van der Waals surface area contributed by atoms with Crippen LogP contribution in [-0.2, 0) is 11.2 Å². The zero-order valence-corrected chi connectivity index (χ0v) is 12.7. The monoisotopic (exact) mass is 303 g/mol. The van der Waals surface area contributed by atoms with Crippen LogP contribution < -0.4 is 5.32 Å². The molecular formula is C16H24F3NO. The molecule has 0 aliphatic rings. The van der Waals surface area contributed by atoms with Gasteiger partial charge in [-0.05, 0) is 44.3 Å². The summed E-state index contributed by atoms with van der Waals surface area (Å²) in [6.45, 7) is 4.68. The van der Waals surface area contributed by atoms with Crippen molar-refractivity contribution in [2.45, 2.75) is 32.9 Å². The molecule has 0 saturated carbocycles. The van der Waals surface area contributed by atoms with Crippen LogP contribution in [0.15, 0.2) is 24.3 Å². The Balaban J connectivity index is 2.41. The van der Waals surface area contributed by atoms with Crippen molar-refractivity contribution < 1.29 is 17.9 Å². The van der Waals surface area contributed by atoms with Crippen LogP contribution >= 0.6 is 0 Å². The molecular weight excluding hydrogens is 279 g/mol. The van der Waals surface area contributed by atoms with Gasteiger partial charge in [0.2, 0.25) is 0 Å². The first kappa shape index (κ1) is 18.0. The molecule has 0 saturated heterocycles. The van der Waals surface area contributed by atoms with Gasteiger partial charge in [-0.15, -0.1) is 0 Å². The molecule has 0 heterocycles. The van der Waals surface area contributed by atoms with Crippen LogP contribution in [-0.4, -0.2) is 32.5 Å². The third-order valence-electron chi connectivity index (χ3n) is 3.26. The number of rotatable bonds is 9. The highest BCUT2D eigenvalue weighted by Gasteiger charge is 2.27. The van der Waals surface area contributed by atoms with Crippen molar-refractivity contribution in [3.63, 3.8) is 0 Å². The first-order valence-electron chi connectivity index (χ1n) is 7.31. The molecule has 21 heavy (non-hydrogen) atoms. The molecule has 0 spiro atoms. The van der Waals surface area contributed by atoms with E-state index in [0.29, 0.717) is 6.42 Å². The number of ether oxygens (including phenoxy) is 1. The van der Waals surface area contributed by atoms with Crippen LogP contribution in [0.3, 0.4) is 0 Å². The van der Waals surface area contributed by atoms with E-state index in [1.54, 1.807) is 0 Å². The lowest BCUT2D eigenvalue weighted by atomic mass is 9.96. The summed E-state index contributed by atoms with van der Waals surface area (Å²) < 4.78 is 40.8. The highest BCUT2D eigenvalue weighted by Crippen LogP contribution is 2.16. The van der Waals surface area contributed by atoms with E-state index in [2.05, 4.69) is 29.6 Å². The van der Waals surface area contributed by atoms with Crippen molar-refractivity contribution in [3.8, 4) is 0 Å². The Kier molecular flexibility index (Phi) is 7.75. The van der Waals surface area contributed by atoms with Crippen LogP contribution in [0.25, 0.3) is 0 Å². The maximum atomic E-state index is 12.0. The molecule has 1 unspecified atom stereocenters. The van der Waals surface area contributed by atoms with Crippen LogP contribution in [0.2, 0.25) is 0 Å². The quantitative estimate of drug-likeness (QED) is 0.702. The number of alkyl halides is 3. The van der Waals surface area contributed by atoms with Gasteiger partial charge >= 0.3 is 6.18 Å². The molecule has 0 fully saturated rings. The average Bonchev–Trinajstić information content (AvgIpc) is 2.42. The van der Waals surface area contributed by atoms with Crippen LogP contribution in [0.1, 0.15) is 24.5 Å². The first-order valence-corrected chi connectivity index (χ1v) is 7.31. The lowest BCUT2D eigenvalue weighted by Gasteiger charge is -2.18. The van der Waals surface area contributed by atoms with E-state index in [1.807, 2.05) is 13.8 Å². The van der Waals surface area contributed by atoms with Crippen molar-refractivity contribution in [3.05, 3.63) is 35.4 Å². The van der Waals surface area contributed by atoms with E-state index < -0.39 is 12.8 Å². The normalized spacial score (nSPS) is 13.4. The second-order valence-electron chi connectivity index (χ2n) is 5.32. The first-order chi connectivity index (χ1) is 9.90. The molecule has 2 nitrogen and oxygen atoms in total. The lowest BCUT2D eigenvalue weighted by Crippen LogP contribution is -2.26. The van der Waals surface area contributed by atoms with Gasteiger partial charge in [-0.3, -0.25) is 0 Å². The Hall–Kier alpha value is -1.07. The Morgan fingerprint density at radius 1 is 1.19 bits per heavy atom. The van der Waals surface area contributed by atoms with Crippen LogP contribution in [0, 0.1) is 12.8 Å². The lowest BCUT2D eigenvalue weighted by molar-refractivity contribution is -0.174. The van der Waals surface area contributed by atoms with Crippen molar-refractivity contribution in [1.29, 1.82) is 0 Å². The Bertz CT molecular complexity index is 390. The fourth-order valence-corrected chi connectivity index (χ4v) is 2.12. The van der Waals surface area contributed by atoms with Crippen molar-refractivity contribution in [2.75, 3.05) is 26.3 Å². The van der Waals surface area contributed by atoms with Gasteiger partial charge < -0.3 is 10.1 Å². The maximum Gasteiger partial charge on any atom is 0.411 e. The summed E-state index contributed by atoms with van der Waals surface area (Å²) in [5, 5.41) is 3.26. The summed E-state index contributed by atoms with van der Waals surface area (Å²) in [6, 6.07) is 8.26. The van der Waals surface area contributed by atoms with Gasteiger partial charge in [0.15, 0.2) is 0 Å². The molecule has 1 rings (SSSR count). The number of aryl methyl sites for hydroxylation is 1. The molecule has 0 radical (unpaired) electrons. The summed E-state index contributed by atoms with van der Waals surface area (Å²) in [7, 11) is 0. The van der Waals surface area contributed by atoms with Gasteiger partial charge in [0.25, 0.3) is 0 Å². The molecule has 0 aromatic heterocycles. The smallest absolute Gasteiger partial charge is 0.372 e. The Labute approximate surface area is 124 Å². The van der Waals surface area contributed by atoms with E-state index in [-0.39, 0.29) is 12.5 Å². The number of hydrogen-bond acceptors (Lipinski definition) is 2. The van der Waals surface area contributed by atoms with Crippen LogP contribution in [0.4, 0.5) is 13.2 Å². The second-order valence-corrected chi connectivity index (χ2v) is 5.32. The van der Waals surface area contributed by atoms with Gasteiger partial charge in [-0.1, -0.05) is 36.8 Å². The van der Waals surface area contributed by atoms with Crippen LogP contribution in [0.5, 0.6) is 0 Å². The predicted octanol–water partition coefficient (Wildman–Crippen LogP) is 3.73. The molecule has 1 aromatic carbocycles. The summed E-state index contributed by atoms with van der Waals surface area (Å²) >= 11 is 0. The minimum absolute atomic E-state index is 0.140. The third-order valence-corrected chi connectivity index (χ3v) is 3.26. The standard InChI is InChI=1S/C16H24F3NO/c1-3-20-11-15(8-9-21-12-16(17,18)19)10-14-6-4-13(2)5-7-14/h4-7,15,20H,3,8-12H2,1-2H3. The maximum absolute atomic E-state index is 12.0. The summed E-state index contributed by atoms with van der Waals surface area (Å²) in [6.07, 6.45) is -2.77. The summed E-state index contributed by atoms with van der Waals surface area (Å²) in [5.41, 5.74) is 2.41. The topological polar surface area (TPSA) is 21.3 Å². The van der Waals surface area contributed by atoms with Crippen molar-refractivity contribution in [2.24, 2.45) is 5.92 Å². The van der Waals surface area contributed by atoms with Crippen molar-refractivity contribution in [1.82, 2.24) is 5.32 Å². The molecule has 0 aliphatic carbocycles. The highest BCUT2D eigenvalue weighted by molar-refractivity contribution is 5.21. The molecule has 120 valence electrons. The second kappa shape index (κ2) is 9.05. The molecule has 0 aliphatic heterocycles. The molecule has 0 bridgehead atoms. The van der Waals surface area contributed by atoms with E-state index in [4.69, 9.17) is 4.74 Å². The van der Waals surface area contributed by atoms with E-state index in [1.165, 1.54) is 11.1 Å². The average molecular weight is 303 g/mol. The fourth-order valence-electron chi connectivity index (χ4n) is 2.12. The number of benzene rings is 1. The largest absolute Gasteiger partial charge is 0.411 e. The fraction of sp³-hybridized carbons (Fsp3) is 0.625. The molecule has 1 N–H and O–H groups in total. The van der Waals surface area contributed by atoms with Crippen molar-refractivity contribution >= 4 is 0 Å². The summed E-state index contributed by atoms with van der Waals surface area (Å²) in [5.74, 6) is 0.279. The van der Waals surface area contributed by atoms with E-state index in [9.17, 15) is 13.2 Å². The zero-order valence-electron chi connectivity index (χ0n) is 12.7. The van der Waals surface area contributed by atoms with E-state index in [0.717, 1.165) is 19.5 Å². The molecule has 1 atom stereocenters. The number of hydrogen-bond donors (Lipinski definition) is 1. The molecule has 0 amide bonds. The third kappa shape index (κ3) is 8.73. The van der Waals surface area contributed by atoms with Gasteiger partial charge in [0, 0.05) is 6.61 Å².